The summed E-state index contributed by atoms with van der Waals surface area (Å²) in [6.07, 6.45) is 0.235. The Hall–Kier alpha value is -0.120. The van der Waals surface area contributed by atoms with E-state index >= 15 is 0 Å². The van der Waals surface area contributed by atoms with Gasteiger partial charge in [0.15, 0.2) is 0 Å². The van der Waals surface area contributed by atoms with E-state index in [1.54, 1.807) is 7.11 Å². The van der Waals surface area contributed by atoms with E-state index in [0.29, 0.717) is 6.04 Å². The van der Waals surface area contributed by atoms with Gasteiger partial charge in [-0.25, -0.2) is 0 Å². The molecule has 0 aromatic carbocycles. The Kier molecular flexibility index (Phi) is 6.34. The number of methoxy groups -OCH3 is 1. The number of nitrogens with zero attached hydrogens (tertiary/aromatic N) is 1. The first-order chi connectivity index (χ1) is 5.61. The van der Waals surface area contributed by atoms with Gasteiger partial charge >= 0.3 is 0 Å². The molecule has 0 fully saturated rings. The van der Waals surface area contributed by atoms with Crippen molar-refractivity contribution >= 4 is 0 Å². The topological polar surface area (TPSA) is 32.7 Å². The second-order valence-corrected chi connectivity index (χ2v) is 3.36. The van der Waals surface area contributed by atoms with E-state index in [1.807, 2.05) is 6.92 Å². The molecule has 0 rings (SSSR count). The fourth-order valence-electron chi connectivity index (χ4n) is 1.09. The van der Waals surface area contributed by atoms with Crippen LogP contribution in [0.3, 0.4) is 0 Å². The largest absolute Gasteiger partial charge is 0.395 e. The van der Waals surface area contributed by atoms with Crippen LogP contribution in [-0.2, 0) is 4.74 Å². The third-order valence-corrected chi connectivity index (χ3v) is 2.01. The van der Waals surface area contributed by atoms with Crippen LogP contribution in [0.1, 0.15) is 20.8 Å². The van der Waals surface area contributed by atoms with Gasteiger partial charge in [-0.1, -0.05) is 0 Å². The van der Waals surface area contributed by atoms with E-state index in [2.05, 4.69) is 18.7 Å². The summed E-state index contributed by atoms with van der Waals surface area (Å²) in [6.45, 7) is 8.11. The molecule has 0 spiro atoms. The van der Waals surface area contributed by atoms with Crippen LogP contribution in [0.25, 0.3) is 0 Å². The molecule has 1 atom stereocenters. The maximum absolute atomic E-state index is 8.79. The first kappa shape index (κ1) is 11.9. The van der Waals surface area contributed by atoms with Crippen LogP contribution >= 0.6 is 0 Å². The van der Waals surface area contributed by atoms with Crippen LogP contribution in [0.5, 0.6) is 0 Å². The molecule has 0 aliphatic carbocycles. The minimum Gasteiger partial charge on any atom is -0.395 e. The lowest BCUT2D eigenvalue weighted by molar-refractivity contribution is 0.0575. The number of hydrogen-bond donors (Lipinski definition) is 1. The highest BCUT2D eigenvalue weighted by Gasteiger charge is 2.11. The molecule has 3 nitrogen and oxygen atoms in total. The zero-order valence-corrected chi connectivity index (χ0v) is 8.58. The Morgan fingerprint density at radius 1 is 1.33 bits per heavy atom. The second-order valence-electron chi connectivity index (χ2n) is 3.36. The maximum Gasteiger partial charge on any atom is 0.0670 e. The van der Waals surface area contributed by atoms with E-state index in [-0.39, 0.29) is 12.7 Å². The molecule has 1 N–H and O–H groups in total. The van der Waals surface area contributed by atoms with Gasteiger partial charge in [-0.05, 0) is 20.8 Å². The number of aliphatic hydroxyl groups excluding tert-OH is 1. The van der Waals surface area contributed by atoms with Gasteiger partial charge < -0.3 is 9.84 Å². The van der Waals surface area contributed by atoms with Gasteiger partial charge in [0, 0.05) is 26.2 Å². The third kappa shape index (κ3) is 4.70. The van der Waals surface area contributed by atoms with Crippen LogP contribution in [-0.4, -0.2) is 49.0 Å². The smallest absolute Gasteiger partial charge is 0.0670 e. The summed E-state index contributed by atoms with van der Waals surface area (Å²) in [7, 11) is 1.71. The number of hydrogen-bond acceptors (Lipinski definition) is 3. The zero-order chi connectivity index (χ0) is 9.56. The standard InChI is InChI=1S/C9H21NO2/c1-8(2)10(5-6-11)7-9(3)12-4/h8-9,11H,5-7H2,1-4H3. The molecule has 0 bridgehead atoms. The van der Waals surface area contributed by atoms with Crippen molar-refractivity contribution in [1.29, 1.82) is 0 Å². The number of ether oxygens (including phenoxy) is 1. The number of aliphatic hydroxyl groups is 1. The third-order valence-electron chi connectivity index (χ3n) is 2.01. The lowest BCUT2D eigenvalue weighted by Crippen LogP contribution is -2.39. The van der Waals surface area contributed by atoms with Crippen molar-refractivity contribution in [3.8, 4) is 0 Å². The van der Waals surface area contributed by atoms with Gasteiger partial charge in [-0.15, -0.1) is 0 Å². The van der Waals surface area contributed by atoms with Crippen molar-refractivity contribution in [2.75, 3.05) is 26.8 Å². The van der Waals surface area contributed by atoms with Crippen LogP contribution in [0.15, 0.2) is 0 Å². The van der Waals surface area contributed by atoms with Crippen LogP contribution in [0, 0.1) is 0 Å². The highest BCUT2D eigenvalue weighted by molar-refractivity contribution is 4.65. The first-order valence-corrected chi connectivity index (χ1v) is 4.49. The predicted molar refractivity (Wildman–Crippen MR) is 50.3 cm³/mol. The Balaban J connectivity index is 3.77. The SMILES string of the molecule is COC(C)CN(CCO)C(C)C. The Morgan fingerprint density at radius 2 is 1.92 bits per heavy atom. The molecule has 0 aliphatic heterocycles. The van der Waals surface area contributed by atoms with E-state index in [1.165, 1.54) is 0 Å². The van der Waals surface area contributed by atoms with E-state index in [0.717, 1.165) is 13.1 Å². The molecule has 0 aromatic rings. The van der Waals surface area contributed by atoms with E-state index in [4.69, 9.17) is 9.84 Å². The van der Waals surface area contributed by atoms with Crippen molar-refractivity contribution in [3.63, 3.8) is 0 Å². The van der Waals surface area contributed by atoms with Crippen molar-refractivity contribution in [2.24, 2.45) is 0 Å². The molecule has 1 unspecified atom stereocenters. The summed E-state index contributed by atoms with van der Waals surface area (Å²) in [6, 6.07) is 0.467. The summed E-state index contributed by atoms with van der Waals surface area (Å²) in [4.78, 5) is 2.20. The highest BCUT2D eigenvalue weighted by Crippen LogP contribution is 2.00. The predicted octanol–water partition coefficient (Wildman–Crippen LogP) is 0.724. The maximum atomic E-state index is 8.79. The van der Waals surface area contributed by atoms with Crippen molar-refractivity contribution in [2.45, 2.75) is 32.9 Å². The summed E-state index contributed by atoms with van der Waals surface area (Å²) >= 11 is 0. The summed E-state index contributed by atoms with van der Waals surface area (Å²) < 4.78 is 5.15. The van der Waals surface area contributed by atoms with Crippen LogP contribution < -0.4 is 0 Å². The van der Waals surface area contributed by atoms with Crippen molar-refractivity contribution < 1.29 is 9.84 Å². The Labute approximate surface area is 75.3 Å². The monoisotopic (exact) mass is 175 g/mol. The van der Waals surface area contributed by atoms with Crippen LogP contribution in [0.2, 0.25) is 0 Å². The lowest BCUT2D eigenvalue weighted by Gasteiger charge is -2.27. The highest BCUT2D eigenvalue weighted by atomic mass is 16.5. The molecule has 0 saturated heterocycles. The molecule has 3 heteroatoms. The van der Waals surface area contributed by atoms with Crippen molar-refractivity contribution in [1.82, 2.24) is 4.90 Å². The summed E-state index contributed by atoms with van der Waals surface area (Å²) in [5.41, 5.74) is 0. The average Bonchev–Trinajstić information content (AvgIpc) is 2.03. The molecule has 0 radical (unpaired) electrons. The number of rotatable bonds is 6. The average molecular weight is 175 g/mol. The quantitative estimate of drug-likeness (QED) is 0.646. The minimum absolute atomic E-state index is 0.217. The lowest BCUT2D eigenvalue weighted by atomic mass is 10.2. The molecule has 0 saturated carbocycles. The summed E-state index contributed by atoms with van der Waals surface area (Å²) in [5.74, 6) is 0. The normalized spacial score (nSPS) is 14.2. The fraction of sp³-hybridized carbons (Fsp3) is 1.00. The van der Waals surface area contributed by atoms with Gasteiger partial charge in [0.2, 0.25) is 0 Å². The van der Waals surface area contributed by atoms with E-state index in [9.17, 15) is 0 Å². The van der Waals surface area contributed by atoms with Gasteiger partial charge in [0.1, 0.15) is 0 Å². The molecule has 0 heterocycles. The molecule has 0 amide bonds. The molecule has 74 valence electrons. The zero-order valence-electron chi connectivity index (χ0n) is 8.58. The molecule has 0 aromatic heterocycles. The van der Waals surface area contributed by atoms with Gasteiger partial charge in [-0.2, -0.15) is 0 Å². The van der Waals surface area contributed by atoms with Crippen LogP contribution in [0.4, 0.5) is 0 Å². The Bertz CT molecular complexity index is 107. The second kappa shape index (κ2) is 6.40. The fourth-order valence-corrected chi connectivity index (χ4v) is 1.09. The first-order valence-electron chi connectivity index (χ1n) is 4.49. The van der Waals surface area contributed by atoms with Gasteiger partial charge in [-0.3, -0.25) is 4.90 Å². The van der Waals surface area contributed by atoms with E-state index < -0.39 is 0 Å². The molecule has 12 heavy (non-hydrogen) atoms. The summed E-state index contributed by atoms with van der Waals surface area (Å²) in [5, 5.41) is 8.79. The van der Waals surface area contributed by atoms with Gasteiger partial charge in [0.25, 0.3) is 0 Å². The van der Waals surface area contributed by atoms with Crippen molar-refractivity contribution in [3.05, 3.63) is 0 Å². The molecule has 0 aliphatic rings. The van der Waals surface area contributed by atoms with Gasteiger partial charge in [0.05, 0.1) is 12.7 Å². The minimum atomic E-state index is 0.217. The molecular formula is C9H21NO2. The molecular weight excluding hydrogens is 154 g/mol. The Morgan fingerprint density at radius 3 is 2.25 bits per heavy atom.